The second-order valence-corrected chi connectivity index (χ2v) is 10.6. The SMILES string of the molecule is CC/C(=C\c1ccc(O)cc1)CC[C@H]1OC[C@H]2C1=C(C)C[C@H]1C(=O)N(C3CCCCC3)C(=O)[C@H]12. The Labute approximate surface area is 202 Å². The molecule has 1 aromatic rings. The minimum Gasteiger partial charge on any atom is -0.508 e. The van der Waals surface area contributed by atoms with E-state index in [1.807, 2.05) is 12.1 Å². The van der Waals surface area contributed by atoms with Gasteiger partial charge in [-0.05, 0) is 68.7 Å². The molecule has 4 aliphatic rings. The van der Waals surface area contributed by atoms with Crippen molar-refractivity contribution in [2.45, 2.75) is 83.8 Å². The highest BCUT2D eigenvalue weighted by molar-refractivity contribution is 6.06. The molecule has 3 fully saturated rings. The van der Waals surface area contributed by atoms with Crippen molar-refractivity contribution >= 4 is 17.9 Å². The molecule has 0 radical (unpaired) electrons. The largest absolute Gasteiger partial charge is 0.508 e. The maximum atomic E-state index is 13.5. The van der Waals surface area contributed by atoms with Crippen LogP contribution in [0.15, 0.2) is 41.0 Å². The molecule has 2 saturated heterocycles. The molecule has 4 atom stereocenters. The molecule has 5 nitrogen and oxygen atoms in total. The average Bonchev–Trinajstić information content (AvgIpc) is 3.37. The molecule has 5 rings (SSSR count). The molecular formula is C29H37NO4. The predicted octanol–water partition coefficient (Wildman–Crippen LogP) is 5.63. The lowest BCUT2D eigenvalue weighted by atomic mass is 9.70. The molecule has 1 aromatic carbocycles. The zero-order valence-corrected chi connectivity index (χ0v) is 20.5. The molecule has 2 aliphatic heterocycles. The van der Waals surface area contributed by atoms with Crippen molar-refractivity contribution in [2.75, 3.05) is 6.61 Å². The molecule has 182 valence electrons. The van der Waals surface area contributed by atoms with E-state index in [-0.39, 0.29) is 47.5 Å². The second kappa shape index (κ2) is 9.69. The van der Waals surface area contributed by atoms with Crippen LogP contribution in [0.5, 0.6) is 5.75 Å². The van der Waals surface area contributed by atoms with Crippen LogP contribution >= 0.6 is 0 Å². The molecule has 0 aromatic heterocycles. The monoisotopic (exact) mass is 463 g/mol. The van der Waals surface area contributed by atoms with Crippen molar-refractivity contribution in [1.82, 2.24) is 4.90 Å². The Morgan fingerprint density at radius 1 is 1.09 bits per heavy atom. The summed E-state index contributed by atoms with van der Waals surface area (Å²) in [5, 5.41) is 9.53. The van der Waals surface area contributed by atoms with Crippen LogP contribution < -0.4 is 0 Å². The Morgan fingerprint density at radius 3 is 2.53 bits per heavy atom. The van der Waals surface area contributed by atoms with Gasteiger partial charge in [-0.15, -0.1) is 0 Å². The predicted molar refractivity (Wildman–Crippen MR) is 132 cm³/mol. The highest BCUT2D eigenvalue weighted by Crippen LogP contribution is 2.50. The molecule has 0 bridgehead atoms. The summed E-state index contributed by atoms with van der Waals surface area (Å²) in [5.74, 6) is 0.0689. The third-order valence-electron chi connectivity index (χ3n) is 8.57. The minimum atomic E-state index is -0.226. The van der Waals surface area contributed by atoms with Gasteiger partial charge < -0.3 is 9.84 Å². The van der Waals surface area contributed by atoms with Crippen molar-refractivity contribution in [2.24, 2.45) is 17.8 Å². The van der Waals surface area contributed by atoms with Crippen LogP contribution in [-0.2, 0) is 14.3 Å². The van der Waals surface area contributed by atoms with Crippen molar-refractivity contribution in [3.05, 3.63) is 46.5 Å². The van der Waals surface area contributed by atoms with Crippen LogP contribution in [0.1, 0.15) is 77.2 Å². The normalized spacial score (nSPS) is 30.2. The Kier molecular flexibility index (Phi) is 6.65. The van der Waals surface area contributed by atoms with Gasteiger partial charge in [0.2, 0.25) is 11.8 Å². The van der Waals surface area contributed by atoms with E-state index >= 15 is 0 Å². The summed E-state index contributed by atoms with van der Waals surface area (Å²) in [5.41, 5.74) is 5.00. The van der Waals surface area contributed by atoms with Crippen molar-refractivity contribution < 1.29 is 19.4 Å². The third-order valence-corrected chi connectivity index (χ3v) is 8.57. The Hall–Kier alpha value is -2.40. The number of aromatic hydroxyl groups is 1. The van der Waals surface area contributed by atoms with Crippen LogP contribution in [0, 0.1) is 17.8 Å². The van der Waals surface area contributed by atoms with Crippen LogP contribution in [0.25, 0.3) is 6.08 Å². The van der Waals surface area contributed by atoms with Crippen LogP contribution in [-0.4, -0.2) is 40.6 Å². The summed E-state index contributed by atoms with van der Waals surface area (Å²) in [6.45, 7) is 4.87. The third kappa shape index (κ3) is 4.24. The van der Waals surface area contributed by atoms with E-state index in [2.05, 4.69) is 19.9 Å². The molecule has 0 spiro atoms. The number of phenols is 1. The number of phenolic OH excluding ortho intramolecular Hbond substituents is 1. The first-order valence-electron chi connectivity index (χ1n) is 13.1. The summed E-state index contributed by atoms with van der Waals surface area (Å²) < 4.78 is 6.30. The number of allylic oxidation sites excluding steroid dienone is 2. The summed E-state index contributed by atoms with van der Waals surface area (Å²) >= 11 is 0. The van der Waals surface area contributed by atoms with Gasteiger partial charge in [0.25, 0.3) is 0 Å². The number of likely N-dealkylation sites (tertiary alicyclic amines) is 1. The lowest BCUT2D eigenvalue weighted by molar-refractivity contribution is -0.143. The summed E-state index contributed by atoms with van der Waals surface area (Å²) in [6.07, 6.45) is 11.1. The molecule has 2 aliphatic carbocycles. The Bertz CT molecular complexity index is 1000. The summed E-state index contributed by atoms with van der Waals surface area (Å²) in [6, 6.07) is 7.40. The fourth-order valence-corrected chi connectivity index (χ4v) is 6.83. The zero-order chi connectivity index (χ0) is 23.8. The quantitative estimate of drug-likeness (QED) is 0.438. The van der Waals surface area contributed by atoms with E-state index in [1.165, 1.54) is 23.1 Å². The lowest BCUT2D eigenvalue weighted by Gasteiger charge is -2.31. The van der Waals surface area contributed by atoms with Gasteiger partial charge in [-0.1, -0.05) is 55.5 Å². The highest BCUT2D eigenvalue weighted by atomic mass is 16.5. The highest BCUT2D eigenvalue weighted by Gasteiger charge is 2.57. The number of ether oxygens (including phenoxy) is 1. The van der Waals surface area contributed by atoms with E-state index in [4.69, 9.17) is 4.74 Å². The van der Waals surface area contributed by atoms with Gasteiger partial charge in [0.1, 0.15) is 5.75 Å². The maximum absolute atomic E-state index is 13.5. The number of carbonyl (C=O) groups is 2. The van der Waals surface area contributed by atoms with Crippen LogP contribution in [0.3, 0.4) is 0 Å². The van der Waals surface area contributed by atoms with Gasteiger partial charge in [-0.3, -0.25) is 14.5 Å². The number of rotatable bonds is 6. The standard InChI is InChI=1S/C29H37NO4/c1-3-19(16-20-9-12-22(31)13-10-20)11-14-25-26-18(2)15-23-27(24(26)17-34-25)29(33)30(28(23)32)21-7-5-4-6-8-21/h9-10,12-13,16,21,23-25,27,31H,3-8,11,14-15,17H2,1-2H3/b19-16+/t23-,24+,25-,27-/m1/s1. The number of hydrogen-bond donors (Lipinski definition) is 1. The number of nitrogens with zero attached hydrogens (tertiary/aromatic N) is 1. The molecule has 1 saturated carbocycles. The first kappa shape index (κ1) is 23.3. The number of benzene rings is 1. The molecule has 2 amide bonds. The Morgan fingerprint density at radius 2 is 1.82 bits per heavy atom. The first-order chi connectivity index (χ1) is 16.5. The summed E-state index contributed by atoms with van der Waals surface area (Å²) in [4.78, 5) is 28.6. The minimum absolute atomic E-state index is 0.0346. The van der Waals surface area contributed by atoms with Gasteiger partial charge in [0, 0.05) is 12.0 Å². The van der Waals surface area contributed by atoms with Crippen LogP contribution in [0.4, 0.5) is 0 Å². The Balaban J connectivity index is 1.30. The number of amides is 2. The van der Waals surface area contributed by atoms with Gasteiger partial charge >= 0.3 is 0 Å². The number of carbonyl (C=O) groups excluding carboxylic acids is 2. The second-order valence-electron chi connectivity index (χ2n) is 10.6. The van der Waals surface area contributed by atoms with Gasteiger partial charge in [-0.25, -0.2) is 0 Å². The average molecular weight is 464 g/mol. The van der Waals surface area contributed by atoms with E-state index in [0.717, 1.165) is 50.5 Å². The van der Waals surface area contributed by atoms with E-state index in [1.54, 1.807) is 17.0 Å². The smallest absolute Gasteiger partial charge is 0.234 e. The topological polar surface area (TPSA) is 66.8 Å². The van der Waals surface area contributed by atoms with Crippen molar-refractivity contribution in [3.63, 3.8) is 0 Å². The zero-order valence-electron chi connectivity index (χ0n) is 20.5. The van der Waals surface area contributed by atoms with Gasteiger partial charge in [0.05, 0.1) is 24.5 Å². The van der Waals surface area contributed by atoms with E-state index < -0.39 is 0 Å². The van der Waals surface area contributed by atoms with Crippen LogP contribution in [0.2, 0.25) is 0 Å². The molecule has 1 N–H and O–H groups in total. The molecule has 2 heterocycles. The maximum Gasteiger partial charge on any atom is 0.234 e. The number of fused-ring (bicyclic) bond motifs is 3. The lowest BCUT2D eigenvalue weighted by Crippen LogP contribution is -2.42. The van der Waals surface area contributed by atoms with Gasteiger partial charge in [0.15, 0.2) is 0 Å². The van der Waals surface area contributed by atoms with Crippen molar-refractivity contribution in [1.29, 1.82) is 0 Å². The van der Waals surface area contributed by atoms with Gasteiger partial charge in [-0.2, -0.15) is 0 Å². The fraction of sp³-hybridized carbons (Fsp3) is 0.586. The van der Waals surface area contributed by atoms with E-state index in [9.17, 15) is 14.7 Å². The van der Waals surface area contributed by atoms with E-state index in [0.29, 0.717) is 13.0 Å². The molecular weight excluding hydrogens is 426 g/mol. The molecule has 5 heteroatoms. The number of imide groups is 1. The summed E-state index contributed by atoms with van der Waals surface area (Å²) in [7, 11) is 0. The molecule has 34 heavy (non-hydrogen) atoms. The fourth-order valence-electron chi connectivity index (χ4n) is 6.83. The van der Waals surface area contributed by atoms with Crippen molar-refractivity contribution in [3.8, 4) is 5.75 Å². The first-order valence-corrected chi connectivity index (χ1v) is 13.1. The molecule has 0 unspecified atom stereocenters. The number of hydrogen-bond acceptors (Lipinski definition) is 4.